The van der Waals surface area contributed by atoms with Gasteiger partial charge in [-0.15, -0.1) is 0 Å². The molecule has 2 fully saturated rings. The van der Waals surface area contributed by atoms with E-state index >= 15 is 0 Å². The highest BCUT2D eigenvalue weighted by Crippen LogP contribution is 2.29. The van der Waals surface area contributed by atoms with Gasteiger partial charge in [-0.25, -0.2) is 0 Å². The van der Waals surface area contributed by atoms with E-state index in [1.807, 2.05) is 12.1 Å². The summed E-state index contributed by atoms with van der Waals surface area (Å²) in [5.41, 5.74) is 1.33. The van der Waals surface area contributed by atoms with E-state index in [-0.39, 0.29) is 0 Å². The fourth-order valence-corrected chi connectivity index (χ4v) is 3.47. The van der Waals surface area contributed by atoms with E-state index in [1.54, 1.807) is 0 Å². The molecule has 0 aromatic heterocycles. The summed E-state index contributed by atoms with van der Waals surface area (Å²) in [5.74, 6) is 0.855. The normalized spacial score (nSPS) is 32.4. The fourth-order valence-electron chi connectivity index (χ4n) is 3.34. The Morgan fingerprint density at radius 1 is 1.22 bits per heavy atom. The molecule has 0 saturated carbocycles. The second kappa shape index (κ2) is 5.20. The highest BCUT2D eigenvalue weighted by atomic mass is 35.5. The minimum absolute atomic E-state index is 0.416. The lowest BCUT2D eigenvalue weighted by molar-refractivity contribution is 0.212. The summed E-state index contributed by atoms with van der Waals surface area (Å²) in [6.45, 7) is 6.12. The third-order valence-corrected chi connectivity index (χ3v) is 4.72. The zero-order valence-electron chi connectivity index (χ0n) is 10.9. The van der Waals surface area contributed by atoms with E-state index in [0.29, 0.717) is 12.1 Å². The Morgan fingerprint density at radius 3 is 2.72 bits per heavy atom. The molecule has 1 aromatic rings. The number of hydrogen-bond acceptors (Lipinski definition) is 2. The van der Waals surface area contributed by atoms with Gasteiger partial charge in [-0.1, -0.05) is 23.7 Å². The zero-order valence-corrected chi connectivity index (χ0v) is 11.7. The maximum atomic E-state index is 5.93. The van der Waals surface area contributed by atoms with Crippen molar-refractivity contribution in [2.45, 2.75) is 31.8 Å². The monoisotopic (exact) mass is 264 g/mol. The average molecular weight is 265 g/mol. The van der Waals surface area contributed by atoms with Gasteiger partial charge in [0.2, 0.25) is 0 Å². The van der Waals surface area contributed by atoms with Crippen LogP contribution >= 0.6 is 11.6 Å². The minimum atomic E-state index is 0.416. The third-order valence-electron chi connectivity index (χ3n) is 4.47. The van der Waals surface area contributed by atoms with E-state index in [1.165, 1.54) is 38.0 Å². The first-order chi connectivity index (χ1) is 8.72. The van der Waals surface area contributed by atoms with Gasteiger partial charge in [0.1, 0.15) is 0 Å². The Kier molecular flexibility index (Phi) is 3.60. The Balaban J connectivity index is 1.63. The van der Waals surface area contributed by atoms with Crippen molar-refractivity contribution >= 4 is 11.6 Å². The van der Waals surface area contributed by atoms with Gasteiger partial charge in [0.05, 0.1) is 0 Å². The van der Waals surface area contributed by atoms with Crippen LogP contribution in [0.1, 0.15) is 31.4 Å². The lowest BCUT2D eigenvalue weighted by Crippen LogP contribution is -2.44. The molecular formula is C15H21ClN2. The summed E-state index contributed by atoms with van der Waals surface area (Å²) in [6, 6.07) is 9.32. The Morgan fingerprint density at radius 2 is 1.94 bits per heavy atom. The molecular weight excluding hydrogens is 244 g/mol. The van der Waals surface area contributed by atoms with Crippen molar-refractivity contribution in [2.75, 3.05) is 19.6 Å². The van der Waals surface area contributed by atoms with Crippen LogP contribution in [0.5, 0.6) is 0 Å². The van der Waals surface area contributed by atoms with Gasteiger partial charge in [-0.3, -0.25) is 0 Å². The van der Waals surface area contributed by atoms with Crippen LogP contribution in [0.15, 0.2) is 24.3 Å². The molecule has 3 rings (SSSR count). The molecule has 2 aliphatic heterocycles. The quantitative estimate of drug-likeness (QED) is 0.903. The molecule has 0 radical (unpaired) electrons. The van der Waals surface area contributed by atoms with Crippen LogP contribution in [-0.4, -0.2) is 30.6 Å². The maximum absolute atomic E-state index is 5.93. The zero-order chi connectivity index (χ0) is 12.5. The molecule has 98 valence electrons. The number of halogens is 1. The smallest absolute Gasteiger partial charge is 0.0406 e. The van der Waals surface area contributed by atoms with Gasteiger partial charge in [-0.2, -0.15) is 0 Å². The van der Waals surface area contributed by atoms with Crippen molar-refractivity contribution in [3.8, 4) is 0 Å². The summed E-state index contributed by atoms with van der Waals surface area (Å²) in [6.07, 6.45) is 2.66. The summed E-state index contributed by atoms with van der Waals surface area (Å²) in [4.78, 5) is 2.59. The van der Waals surface area contributed by atoms with Crippen LogP contribution in [0.25, 0.3) is 0 Å². The molecule has 3 heteroatoms. The van der Waals surface area contributed by atoms with Crippen molar-refractivity contribution in [2.24, 2.45) is 5.92 Å². The summed E-state index contributed by atoms with van der Waals surface area (Å²) < 4.78 is 0. The van der Waals surface area contributed by atoms with Crippen molar-refractivity contribution in [1.82, 2.24) is 10.2 Å². The van der Waals surface area contributed by atoms with E-state index in [4.69, 9.17) is 11.6 Å². The van der Waals surface area contributed by atoms with Crippen LogP contribution in [0.3, 0.4) is 0 Å². The van der Waals surface area contributed by atoms with Gasteiger partial charge in [0, 0.05) is 23.7 Å². The molecule has 18 heavy (non-hydrogen) atoms. The number of nitrogens with zero attached hydrogens (tertiary/aromatic N) is 1. The van der Waals surface area contributed by atoms with Gasteiger partial charge < -0.3 is 10.2 Å². The molecule has 1 aromatic carbocycles. The molecule has 2 bridgehead atoms. The lowest BCUT2D eigenvalue weighted by atomic mass is 9.93. The number of fused-ring (bicyclic) bond motifs is 2. The number of benzene rings is 1. The van der Waals surface area contributed by atoms with Gasteiger partial charge in [-0.05, 0) is 56.5 Å². The van der Waals surface area contributed by atoms with E-state index in [9.17, 15) is 0 Å². The predicted molar refractivity (Wildman–Crippen MR) is 76.0 cm³/mol. The Hall–Kier alpha value is -0.570. The van der Waals surface area contributed by atoms with E-state index in [0.717, 1.165) is 10.9 Å². The van der Waals surface area contributed by atoms with E-state index in [2.05, 4.69) is 29.3 Å². The molecule has 0 aliphatic carbocycles. The largest absolute Gasteiger partial charge is 0.307 e. The first kappa shape index (κ1) is 12.5. The second-order valence-electron chi connectivity index (χ2n) is 5.68. The molecule has 2 saturated heterocycles. The molecule has 0 amide bonds. The summed E-state index contributed by atoms with van der Waals surface area (Å²) in [7, 11) is 0. The topological polar surface area (TPSA) is 15.3 Å². The third kappa shape index (κ3) is 2.56. The highest BCUT2D eigenvalue weighted by molar-refractivity contribution is 6.30. The standard InChI is InChI=1S/C15H21ClN2/c1-11(12-2-4-14(16)5-3-12)17-15-7-9-18-8-6-13(15)10-18/h2-5,11,13,15,17H,6-10H2,1H3/t11-,13?,15?/m0/s1. The van der Waals surface area contributed by atoms with E-state index < -0.39 is 0 Å². The van der Waals surface area contributed by atoms with Crippen LogP contribution in [-0.2, 0) is 0 Å². The van der Waals surface area contributed by atoms with Crippen molar-refractivity contribution < 1.29 is 0 Å². The second-order valence-corrected chi connectivity index (χ2v) is 6.12. The Bertz CT molecular complexity index is 403. The molecule has 3 unspecified atom stereocenters. The van der Waals surface area contributed by atoms with Crippen molar-refractivity contribution in [3.05, 3.63) is 34.9 Å². The number of rotatable bonds is 3. The molecule has 0 spiro atoms. The molecule has 2 aliphatic rings. The number of piperidine rings is 1. The van der Waals surface area contributed by atoms with Crippen LogP contribution < -0.4 is 5.32 Å². The maximum Gasteiger partial charge on any atom is 0.0406 e. The SMILES string of the molecule is C[C@H](NC1CCN2CCC1C2)c1ccc(Cl)cc1. The lowest BCUT2D eigenvalue weighted by Gasteiger charge is -2.33. The molecule has 2 heterocycles. The first-order valence-corrected chi connectivity index (χ1v) is 7.34. The van der Waals surface area contributed by atoms with Crippen molar-refractivity contribution in [3.63, 3.8) is 0 Å². The minimum Gasteiger partial charge on any atom is -0.307 e. The van der Waals surface area contributed by atoms with Crippen LogP contribution in [0.4, 0.5) is 0 Å². The fraction of sp³-hybridized carbons (Fsp3) is 0.600. The number of nitrogens with one attached hydrogen (secondary N) is 1. The first-order valence-electron chi connectivity index (χ1n) is 6.96. The predicted octanol–water partition coefficient (Wildman–Crippen LogP) is 3.08. The van der Waals surface area contributed by atoms with Crippen molar-refractivity contribution in [1.29, 1.82) is 0 Å². The van der Waals surface area contributed by atoms with Crippen LogP contribution in [0, 0.1) is 5.92 Å². The van der Waals surface area contributed by atoms with Crippen LogP contribution in [0.2, 0.25) is 5.02 Å². The molecule has 1 N–H and O–H groups in total. The summed E-state index contributed by atoms with van der Waals surface area (Å²) in [5, 5.41) is 4.63. The number of hydrogen-bond donors (Lipinski definition) is 1. The van der Waals surface area contributed by atoms with Gasteiger partial charge >= 0.3 is 0 Å². The van der Waals surface area contributed by atoms with Gasteiger partial charge in [0.25, 0.3) is 0 Å². The highest BCUT2D eigenvalue weighted by Gasteiger charge is 2.34. The Labute approximate surface area is 114 Å². The summed E-state index contributed by atoms with van der Waals surface area (Å²) >= 11 is 5.93. The molecule has 2 nitrogen and oxygen atoms in total. The average Bonchev–Trinajstić information content (AvgIpc) is 2.76. The molecule has 4 atom stereocenters. The van der Waals surface area contributed by atoms with Gasteiger partial charge in [0.15, 0.2) is 0 Å².